The van der Waals surface area contributed by atoms with E-state index in [9.17, 15) is 19.2 Å². The van der Waals surface area contributed by atoms with E-state index in [1.54, 1.807) is 0 Å². The molecule has 0 spiro atoms. The Balaban J connectivity index is 1.26. The summed E-state index contributed by atoms with van der Waals surface area (Å²) in [4.78, 5) is 59.9. The lowest BCUT2D eigenvalue weighted by Crippen LogP contribution is -2.59. The SMILES string of the molecule is CC(C)CC(NC(=O)C(Cc1ccccc1)NC(=O)C(N)Cc1ccccc1)C(=O)NC(CCCCN)C(=O)N1CC2CC1CN2Cc1ccccc1. The van der Waals surface area contributed by atoms with Gasteiger partial charge in [-0.05, 0) is 67.7 Å². The van der Waals surface area contributed by atoms with E-state index in [0.717, 1.165) is 37.1 Å². The standard InChI is InChI=1S/C42H57N7O4/c1-29(2)22-37(47-41(52)38(24-31-16-8-4-9-17-31)46-39(50)35(44)23-30-14-6-3-7-15-30)40(51)45-36(20-12-13-21-43)42(53)49-28-33-25-34(49)27-48(33)26-32-18-10-5-11-19-32/h3-11,14-19,29,33-38H,12-13,20-28,43-44H2,1-2H3,(H,45,51)(H,46,50)(H,47,52). The van der Waals surface area contributed by atoms with Gasteiger partial charge in [-0.3, -0.25) is 24.1 Å². The Hall–Kier alpha value is -4.58. The van der Waals surface area contributed by atoms with Gasteiger partial charge in [0.15, 0.2) is 0 Å². The molecule has 2 bridgehead atoms. The second-order valence-electron chi connectivity index (χ2n) is 15.0. The number of hydrogen-bond donors (Lipinski definition) is 5. The Labute approximate surface area is 314 Å². The molecule has 284 valence electrons. The highest BCUT2D eigenvalue weighted by atomic mass is 16.2. The molecule has 2 fully saturated rings. The number of nitrogens with one attached hydrogen (secondary N) is 3. The van der Waals surface area contributed by atoms with Crippen molar-refractivity contribution in [1.82, 2.24) is 25.8 Å². The van der Waals surface area contributed by atoms with Gasteiger partial charge in [0.25, 0.3) is 0 Å². The van der Waals surface area contributed by atoms with Crippen LogP contribution in [0.25, 0.3) is 0 Å². The average molecular weight is 724 g/mol. The van der Waals surface area contributed by atoms with Gasteiger partial charge in [0.05, 0.1) is 6.04 Å². The number of nitrogens with two attached hydrogens (primary N) is 2. The molecule has 2 heterocycles. The van der Waals surface area contributed by atoms with Crippen molar-refractivity contribution in [1.29, 1.82) is 0 Å². The van der Waals surface area contributed by atoms with Crippen LogP contribution in [0.3, 0.4) is 0 Å². The molecule has 2 saturated heterocycles. The maximum atomic E-state index is 14.1. The number of carbonyl (C=O) groups excluding carboxylic acids is 4. The van der Waals surface area contributed by atoms with Crippen LogP contribution in [-0.2, 0) is 38.6 Å². The molecule has 2 aliphatic heterocycles. The highest BCUT2D eigenvalue weighted by Crippen LogP contribution is 2.32. The van der Waals surface area contributed by atoms with Crippen molar-refractivity contribution < 1.29 is 19.2 Å². The number of carbonyl (C=O) groups is 4. The molecule has 3 aromatic carbocycles. The zero-order valence-corrected chi connectivity index (χ0v) is 31.2. The smallest absolute Gasteiger partial charge is 0.245 e. The highest BCUT2D eigenvalue weighted by molar-refractivity contribution is 5.95. The molecular weight excluding hydrogens is 667 g/mol. The number of likely N-dealkylation sites (tertiary alicyclic amines) is 2. The Morgan fingerprint density at radius 3 is 1.79 bits per heavy atom. The van der Waals surface area contributed by atoms with Crippen molar-refractivity contribution in [2.75, 3.05) is 19.6 Å². The Morgan fingerprint density at radius 2 is 1.23 bits per heavy atom. The summed E-state index contributed by atoms with van der Waals surface area (Å²) in [5, 5.41) is 8.85. The van der Waals surface area contributed by atoms with E-state index in [4.69, 9.17) is 11.5 Å². The molecular formula is C42H57N7O4. The van der Waals surface area contributed by atoms with Crippen molar-refractivity contribution in [3.63, 3.8) is 0 Å². The van der Waals surface area contributed by atoms with Crippen LogP contribution in [0.2, 0.25) is 0 Å². The van der Waals surface area contributed by atoms with E-state index in [1.807, 2.05) is 97.6 Å². The molecule has 11 heteroatoms. The van der Waals surface area contributed by atoms with Crippen LogP contribution in [0.15, 0.2) is 91.0 Å². The third-order valence-electron chi connectivity index (χ3n) is 10.3. The van der Waals surface area contributed by atoms with Crippen molar-refractivity contribution in [3.05, 3.63) is 108 Å². The fourth-order valence-electron chi connectivity index (χ4n) is 7.53. The summed E-state index contributed by atoms with van der Waals surface area (Å²) in [5.74, 6) is -1.39. The predicted octanol–water partition coefficient (Wildman–Crippen LogP) is 2.91. The van der Waals surface area contributed by atoms with Crippen LogP contribution in [0.4, 0.5) is 0 Å². The second-order valence-corrected chi connectivity index (χ2v) is 15.0. The normalized spacial score (nSPS) is 19.0. The number of amides is 4. The monoisotopic (exact) mass is 723 g/mol. The minimum absolute atomic E-state index is 0.0591. The minimum atomic E-state index is -0.977. The van der Waals surface area contributed by atoms with Gasteiger partial charge in [0.2, 0.25) is 23.6 Å². The van der Waals surface area contributed by atoms with Crippen LogP contribution < -0.4 is 27.4 Å². The van der Waals surface area contributed by atoms with Crippen molar-refractivity contribution in [2.45, 2.75) is 102 Å². The van der Waals surface area contributed by atoms with Crippen LogP contribution in [-0.4, -0.2) is 89.3 Å². The number of fused-ring (bicyclic) bond motifs is 2. The molecule has 4 amide bonds. The molecule has 6 unspecified atom stereocenters. The Bertz CT molecular complexity index is 1620. The topological polar surface area (TPSA) is 163 Å². The fourth-order valence-corrected chi connectivity index (χ4v) is 7.53. The van der Waals surface area contributed by atoms with E-state index in [0.29, 0.717) is 38.8 Å². The Morgan fingerprint density at radius 1 is 0.679 bits per heavy atom. The third-order valence-corrected chi connectivity index (χ3v) is 10.3. The molecule has 6 atom stereocenters. The summed E-state index contributed by atoms with van der Waals surface area (Å²) in [6, 6.07) is 26.1. The number of hydrogen-bond acceptors (Lipinski definition) is 7. The lowest BCUT2D eigenvalue weighted by atomic mass is 9.99. The molecule has 0 aliphatic carbocycles. The predicted molar refractivity (Wildman–Crippen MR) is 207 cm³/mol. The summed E-state index contributed by atoms with van der Waals surface area (Å²) >= 11 is 0. The largest absolute Gasteiger partial charge is 0.343 e. The van der Waals surface area contributed by atoms with Gasteiger partial charge in [-0.25, -0.2) is 0 Å². The summed E-state index contributed by atoms with van der Waals surface area (Å²) in [7, 11) is 0. The van der Waals surface area contributed by atoms with E-state index >= 15 is 0 Å². The maximum absolute atomic E-state index is 14.1. The van der Waals surface area contributed by atoms with Gasteiger partial charge in [0, 0.05) is 38.1 Å². The molecule has 7 N–H and O–H groups in total. The van der Waals surface area contributed by atoms with Crippen LogP contribution in [0.1, 0.15) is 62.6 Å². The molecule has 3 aromatic rings. The van der Waals surface area contributed by atoms with Gasteiger partial charge in [-0.15, -0.1) is 0 Å². The Kier molecular flexibility index (Phi) is 14.6. The van der Waals surface area contributed by atoms with Gasteiger partial charge in [-0.2, -0.15) is 0 Å². The number of nitrogens with zero attached hydrogens (tertiary/aromatic N) is 2. The van der Waals surface area contributed by atoms with Gasteiger partial charge in [0.1, 0.15) is 18.1 Å². The third kappa shape index (κ3) is 11.5. The number of benzene rings is 3. The van der Waals surface area contributed by atoms with E-state index in [-0.39, 0.29) is 30.3 Å². The molecule has 11 nitrogen and oxygen atoms in total. The van der Waals surface area contributed by atoms with Crippen LogP contribution in [0.5, 0.6) is 0 Å². The summed E-state index contributed by atoms with van der Waals surface area (Å²) in [6.45, 7) is 6.72. The molecule has 0 saturated carbocycles. The summed E-state index contributed by atoms with van der Waals surface area (Å²) in [6.07, 6.45) is 3.67. The highest BCUT2D eigenvalue weighted by Gasteiger charge is 2.46. The lowest BCUT2D eigenvalue weighted by molar-refractivity contribution is -0.139. The second kappa shape index (κ2) is 19.5. The van der Waals surface area contributed by atoms with E-state index in [2.05, 4.69) is 33.0 Å². The average Bonchev–Trinajstić information content (AvgIpc) is 3.75. The lowest BCUT2D eigenvalue weighted by Gasteiger charge is -2.36. The van der Waals surface area contributed by atoms with Gasteiger partial charge in [-0.1, -0.05) is 105 Å². The minimum Gasteiger partial charge on any atom is -0.343 e. The van der Waals surface area contributed by atoms with E-state index < -0.39 is 41.9 Å². The zero-order chi connectivity index (χ0) is 37.7. The van der Waals surface area contributed by atoms with Gasteiger partial charge < -0.3 is 32.3 Å². The quantitative estimate of drug-likeness (QED) is 0.119. The zero-order valence-electron chi connectivity index (χ0n) is 31.2. The first-order valence-electron chi connectivity index (χ1n) is 19.1. The number of rotatable bonds is 19. The van der Waals surface area contributed by atoms with Gasteiger partial charge >= 0.3 is 0 Å². The maximum Gasteiger partial charge on any atom is 0.245 e. The first kappa shape index (κ1) is 39.6. The molecule has 53 heavy (non-hydrogen) atoms. The summed E-state index contributed by atoms with van der Waals surface area (Å²) < 4.78 is 0. The van der Waals surface area contributed by atoms with Crippen molar-refractivity contribution >= 4 is 23.6 Å². The molecule has 0 radical (unpaired) electrons. The number of piperazine rings is 1. The molecule has 2 aliphatic rings. The first-order valence-corrected chi connectivity index (χ1v) is 19.1. The van der Waals surface area contributed by atoms with Crippen LogP contribution in [0, 0.1) is 5.92 Å². The molecule has 5 rings (SSSR count). The number of unbranched alkanes of at least 4 members (excludes halogenated alkanes) is 1. The summed E-state index contributed by atoms with van der Waals surface area (Å²) in [5.41, 5.74) is 15.1. The van der Waals surface area contributed by atoms with Crippen molar-refractivity contribution in [2.24, 2.45) is 17.4 Å². The van der Waals surface area contributed by atoms with Crippen molar-refractivity contribution in [3.8, 4) is 0 Å². The van der Waals surface area contributed by atoms with Crippen LogP contribution >= 0.6 is 0 Å². The fraction of sp³-hybridized carbons (Fsp3) is 0.476. The first-order chi connectivity index (χ1) is 25.6. The van der Waals surface area contributed by atoms with E-state index in [1.165, 1.54) is 5.56 Å². The molecule has 0 aromatic heterocycles.